The normalized spacial score (nSPS) is 10.5. The van der Waals surface area contributed by atoms with Gasteiger partial charge in [0, 0.05) is 5.27 Å². The maximum Gasteiger partial charge on any atom is 0.438 e. The molecule has 0 atom stereocenters. The lowest BCUT2D eigenvalue weighted by Gasteiger charge is -1.96. The van der Waals surface area contributed by atoms with Gasteiger partial charge in [-0.3, -0.25) is 0 Å². The Kier molecular flexibility index (Phi) is 3.63. The third-order valence-electron chi connectivity index (χ3n) is 1.08. The summed E-state index contributed by atoms with van der Waals surface area (Å²) in [6.45, 7) is 0. The van der Waals surface area contributed by atoms with Crippen molar-refractivity contribution in [2.75, 3.05) is 0 Å². The first-order valence-electron chi connectivity index (χ1n) is 3.42. The molecule has 14 heavy (non-hydrogen) atoms. The molecule has 2 aromatic heterocycles. The van der Waals surface area contributed by atoms with E-state index in [-0.39, 0.29) is 0 Å². The summed E-state index contributed by atoms with van der Waals surface area (Å²) in [6, 6.07) is 4.04. The average molecular weight is 222 g/mol. The van der Waals surface area contributed by atoms with Gasteiger partial charge in [0.1, 0.15) is 0 Å². The molecule has 2 heterocycles. The largest absolute Gasteiger partial charge is 0.438 e. The summed E-state index contributed by atoms with van der Waals surface area (Å²) >= 11 is 1.71. The topological polar surface area (TPSA) is 38.9 Å². The van der Waals surface area contributed by atoms with Crippen LogP contribution in [0.1, 0.15) is 5.69 Å². The standard InChI is InChI=1S/C4H4S.C3HF3N2O/c1-2-4-5-3-1;4-3(5,6)2-1-9-8-7-2/h1-4H;1H. The van der Waals surface area contributed by atoms with Crippen molar-refractivity contribution in [1.82, 2.24) is 10.4 Å². The molecule has 0 aliphatic rings. The van der Waals surface area contributed by atoms with Crippen LogP contribution in [0.25, 0.3) is 0 Å². The maximum absolute atomic E-state index is 11.5. The van der Waals surface area contributed by atoms with Gasteiger partial charge in [0.2, 0.25) is 5.69 Å². The molecule has 0 aromatic carbocycles. The van der Waals surface area contributed by atoms with Gasteiger partial charge < -0.3 is 4.52 Å². The van der Waals surface area contributed by atoms with Crippen LogP contribution < -0.4 is 0 Å². The van der Waals surface area contributed by atoms with E-state index in [1.165, 1.54) is 0 Å². The van der Waals surface area contributed by atoms with Crippen molar-refractivity contribution in [3.8, 4) is 0 Å². The Morgan fingerprint density at radius 3 is 2.07 bits per heavy atom. The minimum atomic E-state index is -4.44. The van der Waals surface area contributed by atoms with E-state index in [1.807, 2.05) is 22.9 Å². The summed E-state index contributed by atoms with van der Waals surface area (Å²) in [5.74, 6) is 0. The molecule has 0 saturated heterocycles. The van der Waals surface area contributed by atoms with Crippen molar-refractivity contribution in [3.05, 3.63) is 34.8 Å². The molecule has 2 rings (SSSR count). The molecule has 76 valence electrons. The van der Waals surface area contributed by atoms with Gasteiger partial charge in [-0.25, -0.2) is 0 Å². The lowest BCUT2D eigenvalue weighted by Crippen LogP contribution is -2.04. The molecule has 0 N–H and O–H groups in total. The van der Waals surface area contributed by atoms with Gasteiger partial charge in [-0.1, -0.05) is 12.1 Å². The smallest absolute Gasteiger partial charge is 0.345 e. The second-order valence-electron chi connectivity index (χ2n) is 2.08. The third kappa shape index (κ3) is 3.56. The Morgan fingerprint density at radius 2 is 1.86 bits per heavy atom. The Balaban J connectivity index is 0.000000165. The van der Waals surface area contributed by atoms with Crippen LogP contribution in [-0.2, 0) is 6.18 Å². The minimum absolute atomic E-state index is 0.444. The van der Waals surface area contributed by atoms with Crippen LogP contribution in [0, 0.1) is 0 Å². The van der Waals surface area contributed by atoms with Gasteiger partial charge in [-0.05, 0) is 10.8 Å². The molecule has 0 aliphatic carbocycles. The molecule has 3 nitrogen and oxygen atoms in total. The van der Waals surface area contributed by atoms with Gasteiger partial charge in [-0.15, -0.1) is 5.10 Å². The van der Waals surface area contributed by atoms with Gasteiger partial charge in [0.25, 0.3) is 0 Å². The highest BCUT2D eigenvalue weighted by atomic mass is 32.1. The first kappa shape index (κ1) is 10.7. The summed E-state index contributed by atoms with van der Waals surface area (Å²) in [5, 5.41) is 9.37. The first-order valence-corrected chi connectivity index (χ1v) is 4.36. The summed E-state index contributed by atoms with van der Waals surface area (Å²) in [7, 11) is 0. The van der Waals surface area contributed by atoms with Crippen LogP contribution in [0.4, 0.5) is 13.2 Å². The van der Waals surface area contributed by atoms with E-state index in [2.05, 4.69) is 14.9 Å². The fourth-order valence-corrected chi connectivity index (χ4v) is 0.969. The van der Waals surface area contributed by atoms with Crippen molar-refractivity contribution >= 4 is 11.3 Å². The number of hydrogen-bond acceptors (Lipinski definition) is 4. The summed E-state index contributed by atoms with van der Waals surface area (Å²) in [5.41, 5.74) is -1.11. The van der Waals surface area contributed by atoms with E-state index in [1.54, 1.807) is 11.3 Å². The Labute approximate surface area is 81.1 Å². The minimum Gasteiger partial charge on any atom is -0.345 e. The Bertz CT molecular complexity index is 313. The van der Waals surface area contributed by atoms with Gasteiger partial charge in [0.15, 0.2) is 6.26 Å². The SMILES string of the molecule is FC(F)(F)c1conn1.c1ccsc1. The first-order chi connectivity index (χ1) is 6.61. The van der Waals surface area contributed by atoms with Crippen LogP contribution in [0.5, 0.6) is 0 Å². The zero-order chi connectivity index (χ0) is 10.4. The van der Waals surface area contributed by atoms with E-state index in [0.717, 1.165) is 0 Å². The average Bonchev–Trinajstić information content (AvgIpc) is 2.80. The van der Waals surface area contributed by atoms with Crippen LogP contribution >= 0.6 is 11.3 Å². The number of halogens is 3. The Morgan fingerprint density at radius 1 is 1.21 bits per heavy atom. The number of hydrogen-bond donors (Lipinski definition) is 0. The fraction of sp³-hybridized carbons (Fsp3) is 0.143. The highest BCUT2D eigenvalue weighted by molar-refractivity contribution is 7.07. The van der Waals surface area contributed by atoms with Crippen LogP contribution in [0.3, 0.4) is 0 Å². The van der Waals surface area contributed by atoms with E-state index in [9.17, 15) is 13.2 Å². The second-order valence-corrected chi connectivity index (χ2v) is 2.90. The molecule has 7 heteroatoms. The molecule has 0 unspecified atom stereocenters. The van der Waals surface area contributed by atoms with Crippen molar-refractivity contribution in [2.45, 2.75) is 6.18 Å². The summed E-state index contributed by atoms with van der Waals surface area (Å²) in [4.78, 5) is 0. The molecule has 0 spiro atoms. The quantitative estimate of drug-likeness (QED) is 0.688. The zero-order valence-electron chi connectivity index (χ0n) is 6.73. The van der Waals surface area contributed by atoms with Crippen LogP contribution in [0.15, 0.2) is 33.7 Å². The van der Waals surface area contributed by atoms with E-state index < -0.39 is 11.9 Å². The number of aromatic nitrogens is 2. The maximum atomic E-state index is 11.5. The molecule has 0 radical (unpaired) electrons. The Hall–Kier alpha value is -1.37. The van der Waals surface area contributed by atoms with Crippen LogP contribution in [-0.4, -0.2) is 10.4 Å². The summed E-state index contributed by atoms with van der Waals surface area (Å²) < 4.78 is 38.2. The second kappa shape index (κ2) is 4.75. The van der Waals surface area contributed by atoms with E-state index in [4.69, 9.17) is 0 Å². The fourth-order valence-electron chi connectivity index (χ4n) is 0.515. The molecule has 0 saturated carbocycles. The molecule has 2 aromatic rings. The molecular weight excluding hydrogens is 217 g/mol. The van der Waals surface area contributed by atoms with Crippen molar-refractivity contribution < 1.29 is 17.7 Å². The monoisotopic (exact) mass is 222 g/mol. The van der Waals surface area contributed by atoms with E-state index >= 15 is 0 Å². The van der Waals surface area contributed by atoms with Crippen molar-refractivity contribution in [1.29, 1.82) is 0 Å². The number of rotatable bonds is 0. The highest BCUT2D eigenvalue weighted by Gasteiger charge is 2.34. The molecule has 0 bridgehead atoms. The molecular formula is C7H5F3N2OS. The van der Waals surface area contributed by atoms with Crippen molar-refractivity contribution in [3.63, 3.8) is 0 Å². The molecule has 0 aliphatic heterocycles. The van der Waals surface area contributed by atoms with Crippen molar-refractivity contribution in [2.24, 2.45) is 0 Å². The van der Waals surface area contributed by atoms with Gasteiger partial charge in [-0.2, -0.15) is 24.5 Å². The van der Waals surface area contributed by atoms with E-state index in [0.29, 0.717) is 6.26 Å². The van der Waals surface area contributed by atoms with Gasteiger partial charge in [0.05, 0.1) is 0 Å². The van der Waals surface area contributed by atoms with Gasteiger partial charge >= 0.3 is 6.18 Å². The molecule has 0 amide bonds. The predicted molar refractivity (Wildman–Crippen MR) is 43.6 cm³/mol. The number of alkyl halides is 3. The number of nitrogens with zero attached hydrogens (tertiary/aromatic N) is 2. The van der Waals surface area contributed by atoms with Crippen LogP contribution in [0.2, 0.25) is 0 Å². The summed E-state index contributed by atoms with van der Waals surface area (Å²) in [6.07, 6.45) is -4.00. The highest BCUT2D eigenvalue weighted by Crippen LogP contribution is 2.26. The lowest BCUT2D eigenvalue weighted by atomic mass is 10.5. The zero-order valence-corrected chi connectivity index (χ0v) is 7.55. The third-order valence-corrected chi connectivity index (χ3v) is 1.70. The number of thiophene rings is 1. The lowest BCUT2D eigenvalue weighted by molar-refractivity contribution is -0.141. The molecule has 0 fully saturated rings. The predicted octanol–water partition coefficient (Wildman–Crippen LogP) is 2.84.